The molecule has 1 rings (SSSR count). The summed E-state index contributed by atoms with van der Waals surface area (Å²) < 4.78 is 0. The van der Waals surface area contributed by atoms with Crippen molar-refractivity contribution in [2.45, 2.75) is 39.2 Å². The summed E-state index contributed by atoms with van der Waals surface area (Å²) in [6.07, 6.45) is 3.14. The Morgan fingerprint density at radius 3 is 2.55 bits per heavy atom. The van der Waals surface area contributed by atoms with Gasteiger partial charge in [-0.2, -0.15) is 11.8 Å². The van der Waals surface area contributed by atoms with Crippen LogP contribution < -0.4 is 4.90 Å². The number of hydrogen-bond acceptors (Lipinski definition) is 4. The lowest BCUT2D eigenvalue weighted by Crippen LogP contribution is -2.30. The lowest BCUT2D eigenvalue weighted by Gasteiger charge is -2.27. The molecule has 0 aromatic carbocycles. The lowest BCUT2D eigenvalue weighted by atomic mass is 10.1. The van der Waals surface area contributed by atoms with Crippen LogP contribution in [-0.4, -0.2) is 41.2 Å². The second-order valence-electron chi connectivity index (χ2n) is 5.34. The third kappa shape index (κ3) is 4.40. The highest BCUT2D eigenvalue weighted by atomic mass is 32.2. The summed E-state index contributed by atoms with van der Waals surface area (Å²) in [5.74, 6) is 1.13. The Labute approximate surface area is 125 Å². The molecule has 4 nitrogen and oxygen atoms in total. The Balaban J connectivity index is 3.06. The minimum atomic E-state index is -0.902. The Morgan fingerprint density at radius 2 is 2.05 bits per heavy atom. The van der Waals surface area contributed by atoms with E-state index in [1.54, 1.807) is 12.1 Å². The zero-order chi connectivity index (χ0) is 15.3. The Bertz CT molecular complexity index is 463. The van der Waals surface area contributed by atoms with Crippen LogP contribution in [0.15, 0.2) is 12.1 Å². The zero-order valence-corrected chi connectivity index (χ0v) is 13.7. The molecular formula is C15H24N2O2S. The fourth-order valence-electron chi connectivity index (χ4n) is 1.84. The van der Waals surface area contributed by atoms with E-state index < -0.39 is 5.97 Å². The summed E-state index contributed by atoms with van der Waals surface area (Å²) >= 11 is 1.82. The van der Waals surface area contributed by atoms with E-state index in [0.717, 1.165) is 23.7 Å². The summed E-state index contributed by atoms with van der Waals surface area (Å²) in [4.78, 5) is 17.9. The molecule has 1 aromatic heterocycles. The normalized spacial score (nSPS) is 12.5. The van der Waals surface area contributed by atoms with Gasteiger partial charge < -0.3 is 10.0 Å². The molecule has 112 valence electrons. The van der Waals surface area contributed by atoms with Gasteiger partial charge >= 0.3 is 5.97 Å². The van der Waals surface area contributed by atoms with Crippen LogP contribution in [0.4, 0.5) is 5.82 Å². The quantitative estimate of drug-likeness (QED) is 0.835. The summed E-state index contributed by atoms with van der Waals surface area (Å²) in [6, 6.07) is 3.65. The molecule has 0 saturated carbocycles. The molecule has 1 aromatic rings. The minimum Gasteiger partial charge on any atom is -0.478 e. The highest BCUT2D eigenvalue weighted by Gasteiger charge is 2.16. The molecular weight excluding hydrogens is 272 g/mol. The van der Waals surface area contributed by atoms with Crippen molar-refractivity contribution in [2.24, 2.45) is 0 Å². The number of aromatic nitrogens is 1. The number of pyridine rings is 1. The van der Waals surface area contributed by atoms with Crippen LogP contribution >= 0.6 is 11.8 Å². The van der Waals surface area contributed by atoms with E-state index in [1.807, 2.05) is 32.7 Å². The highest BCUT2D eigenvalue weighted by Crippen LogP contribution is 2.22. The van der Waals surface area contributed by atoms with Gasteiger partial charge in [0, 0.05) is 18.8 Å². The molecule has 0 saturated heterocycles. The molecule has 0 amide bonds. The maximum Gasteiger partial charge on any atom is 0.335 e. The molecule has 1 heterocycles. The average molecular weight is 296 g/mol. The standard InChI is InChI=1S/C15H24N2O2S/c1-10(2)13-8-12(15(18)19)9-14(16-13)17(4)11(3)6-7-20-5/h8-11H,6-7H2,1-5H3,(H,18,19). The number of anilines is 1. The Morgan fingerprint density at radius 1 is 1.40 bits per heavy atom. The van der Waals surface area contributed by atoms with E-state index in [0.29, 0.717) is 11.6 Å². The molecule has 0 fully saturated rings. The van der Waals surface area contributed by atoms with Gasteiger partial charge in [-0.05, 0) is 43.4 Å². The molecule has 1 unspecified atom stereocenters. The molecule has 0 aliphatic carbocycles. The number of thioether (sulfide) groups is 1. The van der Waals surface area contributed by atoms with E-state index in [2.05, 4.69) is 23.1 Å². The first-order valence-electron chi connectivity index (χ1n) is 6.83. The van der Waals surface area contributed by atoms with E-state index in [1.165, 1.54) is 0 Å². The second-order valence-corrected chi connectivity index (χ2v) is 6.33. The molecule has 5 heteroatoms. The van der Waals surface area contributed by atoms with Gasteiger partial charge in [0.2, 0.25) is 0 Å². The Hall–Kier alpha value is -1.23. The van der Waals surface area contributed by atoms with Crippen molar-refractivity contribution in [3.05, 3.63) is 23.4 Å². The summed E-state index contributed by atoms with van der Waals surface area (Å²) in [5.41, 5.74) is 1.13. The fraction of sp³-hybridized carbons (Fsp3) is 0.600. The predicted molar refractivity (Wildman–Crippen MR) is 86.1 cm³/mol. The van der Waals surface area contributed by atoms with Gasteiger partial charge in [-0.1, -0.05) is 13.8 Å². The number of rotatable bonds is 7. The number of carboxylic acids is 1. The van der Waals surface area contributed by atoms with Crippen molar-refractivity contribution in [3.63, 3.8) is 0 Å². The summed E-state index contributed by atoms with van der Waals surface area (Å²) in [7, 11) is 1.98. The highest BCUT2D eigenvalue weighted by molar-refractivity contribution is 7.98. The van der Waals surface area contributed by atoms with Gasteiger partial charge in [0.1, 0.15) is 5.82 Å². The third-order valence-corrected chi connectivity index (χ3v) is 4.08. The largest absolute Gasteiger partial charge is 0.478 e. The van der Waals surface area contributed by atoms with Crippen LogP contribution in [0.3, 0.4) is 0 Å². The van der Waals surface area contributed by atoms with E-state index >= 15 is 0 Å². The van der Waals surface area contributed by atoms with Crippen molar-refractivity contribution >= 4 is 23.5 Å². The average Bonchev–Trinajstić information content (AvgIpc) is 2.43. The monoisotopic (exact) mass is 296 g/mol. The molecule has 0 spiro atoms. The first kappa shape index (κ1) is 16.8. The van der Waals surface area contributed by atoms with Gasteiger partial charge in [-0.15, -0.1) is 0 Å². The van der Waals surface area contributed by atoms with Crippen molar-refractivity contribution in [1.82, 2.24) is 4.98 Å². The van der Waals surface area contributed by atoms with E-state index in [-0.39, 0.29) is 5.92 Å². The number of carbonyl (C=O) groups is 1. The molecule has 1 atom stereocenters. The minimum absolute atomic E-state index is 0.211. The molecule has 0 aliphatic rings. The van der Waals surface area contributed by atoms with Crippen LogP contribution in [0, 0.1) is 0 Å². The molecule has 0 aliphatic heterocycles. The molecule has 20 heavy (non-hydrogen) atoms. The number of hydrogen-bond donors (Lipinski definition) is 1. The number of nitrogens with zero attached hydrogens (tertiary/aromatic N) is 2. The third-order valence-electron chi connectivity index (χ3n) is 3.43. The maximum absolute atomic E-state index is 11.2. The maximum atomic E-state index is 11.2. The molecule has 0 bridgehead atoms. The summed E-state index contributed by atoms with van der Waals surface area (Å²) in [5, 5.41) is 9.23. The van der Waals surface area contributed by atoms with Crippen LogP contribution in [0.2, 0.25) is 0 Å². The SMILES string of the molecule is CSCCC(C)N(C)c1cc(C(=O)O)cc(C(C)C)n1. The first-order chi connectivity index (χ1) is 9.36. The van der Waals surface area contributed by atoms with E-state index in [9.17, 15) is 9.90 Å². The van der Waals surface area contributed by atoms with Crippen molar-refractivity contribution in [3.8, 4) is 0 Å². The zero-order valence-electron chi connectivity index (χ0n) is 12.9. The van der Waals surface area contributed by atoms with Crippen molar-refractivity contribution in [1.29, 1.82) is 0 Å². The second kappa shape index (κ2) is 7.53. The fourth-order valence-corrected chi connectivity index (χ4v) is 2.42. The van der Waals surface area contributed by atoms with Gasteiger partial charge in [0.05, 0.1) is 5.56 Å². The van der Waals surface area contributed by atoms with Crippen LogP contribution in [0.25, 0.3) is 0 Å². The van der Waals surface area contributed by atoms with Crippen LogP contribution in [0.1, 0.15) is 49.2 Å². The molecule has 0 radical (unpaired) electrons. The Kier molecular flexibility index (Phi) is 6.33. The topological polar surface area (TPSA) is 53.4 Å². The van der Waals surface area contributed by atoms with Crippen LogP contribution in [-0.2, 0) is 0 Å². The molecule has 1 N–H and O–H groups in total. The number of aromatic carboxylic acids is 1. The van der Waals surface area contributed by atoms with Gasteiger partial charge in [0.25, 0.3) is 0 Å². The summed E-state index contributed by atoms with van der Waals surface area (Å²) in [6.45, 7) is 6.18. The van der Waals surface area contributed by atoms with Crippen molar-refractivity contribution < 1.29 is 9.90 Å². The van der Waals surface area contributed by atoms with Gasteiger partial charge in [-0.3, -0.25) is 0 Å². The number of carboxylic acid groups (broad SMARTS) is 1. The first-order valence-corrected chi connectivity index (χ1v) is 8.23. The van der Waals surface area contributed by atoms with Gasteiger partial charge in [-0.25, -0.2) is 9.78 Å². The predicted octanol–water partition coefficient (Wildman–Crippen LogP) is 3.48. The van der Waals surface area contributed by atoms with Crippen molar-refractivity contribution in [2.75, 3.05) is 24.0 Å². The smallest absolute Gasteiger partial charge is 0.335 e. The lowest BCUT2D eigenvalue weighted by molar-refractivity contribution is 0.0696. The van der Waals surface area contributed by atoms with Gasteiger partial charge in [0.15, 0.2) is 0 Å². The van der Waals surface area contributed by atoms with Crippen LogP contribution in [0.5, 0.6) is 0 Å². The van der Waals surface area contributed by atoms with E-state index in [4.69, 9.17) is 0 Å².